The maximum Gasteiger partial charge on any atom is 0.291 e. The van der Waals surface area contributed by atoms with Crippen molar-refractivity contribution in [3.8, 4) is 0 Å². The Labute approximate surface area is 166 Å². The number of benzene rings is 1. The number of nitrogens with one attached hydrogen (secondary N) is 2. The quantitative estimate of drug-likeness (QED) is 0.535. The predicted molar refractivity (Wildman–Crippen MR) is 106 cm³/mol. The van der Waals surface area contributed by atoms with Gasteiger partial charge in [-0.1, -0.05) is 13.8 Å². The molecule has 9 heteroatoms. The molecule has 0 bridgehead atoms. The number of fused-ring (bicyclic) bond motifs is 1. The molecule has 0 aliphatic heterocycles. The van der Waals surface area contributed by atoms with Gasteiger partial charge in [0.1, 0.15) is 17.4 Å². The molecule has 1 aliphatic rings. The van der Waals surface area contributed by atoms with Crippen LogP contribution >= 0.6 is 12.2 Å². The number of hydrogen-bond acceptors (Lipinski definition) is 4. The first kappa shape index (κ1) is 19.9. The van der Waals surface area contributed by atoms with Crippen LogP contribution < -0.4 is 16.5 Å². The van der Waals surface area contributed by atoms with Crippen LogP contribution in [0.3, 0.4) is 0 Å². The van der Waals surface area contributed by atoms with Gasteiger partial charge in [-0.2, -0.15) is 5.10 Å². The second-order valence-electron chi connectivity index (χ2n) is 7.48. The van der Waals surface area contributed by atoms with Gasteiger partial charge in [-0.15, -0.1) is 0 Å². The molecule has 1 aliphatic carbocycles. The van der Waals surface area contributed by atoms with E-state index in [1.54, 1.807) is 6.92 Å². The van der Waals surface area contributed by atoms with Gasteiger partial charge in [-0.05, 0) is 43.1 Å². The Balaban J connectivity index is 1.97. The highest BCUT2D eigenvalue weighted by Gasteiger charge is 2.36. The summed E-state index contributed by atoms with van der Waals surface area (Å²) in [6.07, 6.45) is 1.23. The van der Waals surface area contributed by atoms with E-state index < -0.39 is 17.5 Å². The fourth-order valence-corrected chi connectivity index (χ4v) is 3.36. The van der Waals surface area contributed by atoms with Gasteiger partial charge in [0, 0.05) is 23.6 Å². The number of amides is 1. The zero-order valence-corrected chi connectivity index (χ0v) is 16.5. The van der Waals surface area contributed by atoms with Gasteiger partial charge in [0.25, 0.3) is 5.91 Å². The second-order valence-corrected chi connectivity index (χ2v) is 7.92. The Morgan fingerprint density at radius 3 is 2.68 bits per heavy atom. The van der Waals surface area contributed by atoms with Gasteiger partial charge in [0.05, 0.1) is 11.4 Å². The predicted octanol–water partition coefficient (Wildman–Crippen LogP) is 3.63. The van der Waals surface area contributed by atoms with E-state index in [2.05, 4.69) is 29.7 Å². The van der Waals surface area contributed by atoms with Gasteiger partial charge in [-0.3, -0.25) is 10.2 Å². The van der Waals surface area contributed by atoms with Crippen LogP contribution in [0.15, 0.2) is 27.7 Å². The number of rotatable bonds is 3. The molecule has 1 aromatic heterocycles. The van der Waals surface area contributed by atoms with Gasteiger partial charge >= 0.3 is 0 Å². The lowest BCUT2D eigenvalue weighted by atomic mass is 9.75. The van der Waals surface area contributed by atoms with Gasteiger partial charge in [-0.25, -0.2) is 8.78 Å². The smallest absolute Gasteiger partial charge is 0.291 e. The Hall–Kier alpha value is -2.81. The third kappa shape index (κ3) is 4.04. The van der Waals surface area contributed by atoms with Gasteiger partial charge < -0.3 is 15.5 Å². The molecular weight excluding hydrogens is 386 g/mol. The standard InChI is InChI=1S/C19H20F2N4O2S/c1-9-15-13(24-25-18(22)28)7-19(2,3)8-14(15)27-16(9)17(26)23-12-5-4-10(20)6-11(12)21/h4-6H,7-8H2,1-3H3,(H,23,26)(H3,22,25,28)/b24-13-. The highest BCUT2D eigenvalue weighted by Crippen LogP contribution is 2.39. The molecule has 0 saturated heterocycles. The molecule has 0 radical (unpaired) electrons. The number of thiocarbonyl (C=S) groups is 1. The van der Waals surface area contributed by atoms with Crippen LogP contribution in [-0.4, -0.2) is 16.7 Å². The molecule has 6 nitrogen and oxygen atoms in total. The lowest BCUT2D eigenvalue weighted by Gasteiger charge is -2.29. The maximum atomic E-state index is 13.9. The maximum absolute atomic E-state index is 13.9. The minimum absolute atomic E-state index is 0.0309. The summed E-state index contributed by atoms with van der Waals surface area (Å²) in [4.78, 5) is 12.7. The highest BCUT2D eigenvalue weighted by molar-refractivity contribution is 7.80. The Morgan fingerprint density at radius 2 is 2.04 bits per heavy atom. The summed E-state index contributed by atoms with van der Waals surface area (Å²) < 4.78 is 32.7. The van der Waals surface area contributed by atoms with Crippen LogP contribution in [0.4, 0.5) is 14.5 Å². The molecular formula is C19H20F2N4O2S. The van der Waals surface area contributed by atoms with E-state index in [1.165, 1.54) is 0 Å². The number of carbonyl (C=O) groups excluding carboxylic acids is 1. The SMILES string of the molecule is Cc1c(C(=O)Nc2ccc(F)cc2F)oc2c1/C(=N\NC(N)=S)CC(C)(C)C2. The average Bonchev–Trinajstić information content (AvgIpc) is 2.90. The van der Waals surface area contributed by atoms with E-state index in [0.717, 1.165) is 12.1 Å². The molecule has 3 rings (SSSR count). The van der Waals surface area contributed by atoms with Crippen LogP contribution in [0.2, 0.25) is 0 Å². The lowest BCUT2D eigenvalue weighted by Crippen LogP contribution is -2.31. The summed E-state index contributed by atoms with van der Waals surface area (Å²) in [7, 11) is 0. The second kappa shape index (κ2) is 7.31. The summed E-state index contributed by atoms with van der Waals surface area (Å²) in [6.45, 7) is 5.84. The van der Waals surface area contributed by atoms with Crippen LogP contribution in [0.5, 0.6) is 0 Å². The molecule has 2 aromatic rings. The largest absolute Gasteiger partial charge is 0.455 e. The summed E-state index contributed by atoms with van der Waals surface area (Å²) in [5.74, 6) is -1.56. The number of halogens is 2. The Morgan fingerprint density at radius 1 is 1.32 bits per heavy atom. The van der Waals surface area contributed by atoms with Crippen LogP contribution in [0.1, 0.15) is 47.7 Å². The van der Waals surface area contributed by atoms with Crippen LogP contribution in [0.25, 0.3) is 0 Å². The monoisotopic (exact) mass is 406 g/mol. The number of hydrazone groups is 1. The number of nitrogens with zero attached hydrogens (tertiary/aromatic N) is 1. The van der Waals surface area contributed by atoms with Crippen molar-refractivity contribution in [3.63, 3.8) is 0 Å². The van der Waals surface area contributed by atoms with E-state index in [0.29, 0.717) is 41.5 Å². The number of nitrogens with two attached hydrogens (primary N) is 1. The Kier molecular flexibility index (Phi) is 5.20. The minimum Gasteiger partial charge on any atom is -0.455 e. The van der Waals surface area contributed by atoms with Crippen molar-refractivity contribution in [1.82, 2.24) is 5.43 Å². The van der Waals surface area contributed by atoms with E-state index >= 15 is 0 Å². The van der Waals surface area contributed by atoms with E-state index in [1.807, 2.05) is 0 Å². The van der Waals surface area contributed by atoms with Crippen molar-refractivity contribution in [3.05, 3.63) is 52.5 Å². The van der Waals surface area contributed by atoms with Crippen molar-refractivity contribution < 1.29 is 18.0 Å². The van der Waals surface area contributed by atoms with Crippen molar-refractivity contribution in [2.75, 3.05) is 5.32 Å². The highest BCUT2D eigenvalue weighted by atomic mass is 32.1. The molecule has 148 valence electrons. The van der Waals surface area contributed by atoms with E-state index in [4.69, 9.17) is 22.4 Å². The minimum atomic E-state index is -0.869. The summed E-state index contributed by atoms with van der Waals surface area (Å²) in [5, 5.41) is 6.72. The molecule has 0 saturated carbocycles. The first-order chi connectivity index (χ1) is 13.1. The number of furan rings is 1. The summed E-state index contributed by atoms with van der Waals surface area (Å²) in [6, 6.07) is 2.92. The van der Waals surface area contributed by atoms with Crippen molar-refractivity contribution >= 4 is 34.6 Å². The molecule has 0 spiro atoms. The molecule has 0 atom stereocenters. The average molecular weight is 406 g/mol. The number of anilines is 1. The summed E-state index contributed by atoms with van der Waals surface area (Å²) >= 11 is 4.80. The van der Waals surface area contributed by atoms with Crippen LogP contribution in [0, 0.1) is 24.0 Å². The molecule has 28 heavy (non-hydrogen) atoms. The zero-order chi connectivity index (χ0) is 20.6. The molecule has 0 fully saturated rings. The van der Waals surface area contributed by atoms with E-state index in [9.17, 15) is 13.6 Å². The third-order valence-electron chi connectivity index (χ3n) is 4.48. The molecule has 1 amide bonds. The van der Waals surface area contributed by atoms with E-state index in [-0.39, 0.29) is 22.0 Å². The molecule has 1 heterocycles. The number of hydrogen-bond donors (Lipinski definition) is 3. The number of carbonyl (C=O) groups is 1. The third-order valence-corrected chi connectivity index (χ3v) is 4.57. The lowest BCUT2D eigenvalue weighted by molar-refractivity contribution is 0.0992. The fraction of sp³-hybridized carbons (Fsp3) is 0.316. The molecule has 4 N–H and O–H groups in total. The first-order valence-corrected chi connectivity index (χ1v) is 8.99. The topological polar surface area (TPSA) is 92.6 Å². The summed E-state index contributed by atoms with van der Waals surface area (Å²) in [5.41, 5.74) is 9.73. The van der Waals surface area contributed by atoms with Crippen molar-refractivity contribution in [2.24, 2.45) is 16.3 Å². The zero-order valence-electron chi connectivity index (χ0n) is 15.7. The first-order valence-electron chi connectivity index (χ1n) is 8.58. The molecule has 1 aromatic carbocycles. The van der Waals surface area contributed by atoms with Crippen LogP contribution in [-0.2, 0) is 6.42 Å². The van der Waals surface area contributed by atoms with Crippen molar-refractivity contribution in [2.45, 2.75) is 33.6 Å². The normalized spacial score (nSPS) is 16.5. The fourth-order valence-electron chi connectivity index (χ4n) is 3.32. The Bertz CT molecular complexity index is 998. The van der Waals surface area contributed by atoms with Crippen molar-refractivity contribution in [1.29, 1.82) is 0 Å². The van der Waals surface area contributed by atoms with Gasteiger partial charge in [0.15, 0.2) is 10.9 Å². The molecule has 0 unspecified atom stereocenters. The van der Waals surface area contributed by atoms with Gasteiger partial charge in [0.2, 0.25) is 0 Å².